The van der Waals surface area contributed by atoms with E-state index in [0.717, 1.165) is 69.2 Å². The van der Waals surface area contributed by atoms with Crippen LogP contribution in [0.1, 0.15) is 190 Å². The van der Waals surface area contributed by atoms with Crippen LogP contribution in [-0.2, 0) is 61.5 Å². The Balaban J connectivity index is 0.000000129. The second-order valence-corrected chi connectivity index (χ2v) is 36.9. The molecule has 662 valence electrons. The number of ketones is 5. The summed E-state index contributed by atoms with van der Waals surface area (Å²) in [6, 6.07) is 40.9. The third-order valence-corrected chi connectivity index (χ3v) is 27.3. The summed E-state index contributed by atoms with van der Waals surface area (Å²) in [7, 11) is 1.67. The summed E-state index contributed by atoms with van der Waals surface area (Å²) in [5, 5.41) is 69.4. The van der Waals surface area contributed by atoms with Crippen LogP contribution < -0.4 is 36.4 Å². The van der Waals surface area contributed by atoms with Crippen LogP contribution in [0.5, 0.6) is 0 Å². The summed E-state index contributed by atoms with van der Waals surface area (Å²) in [5.41, 5.74) is -3.05. The third kappa shape index (κ3) is 19.0. The molecule has 2 saturated carbocycles. The SMILES string of the molecule is CC(C)c1ccc(C(=O)C[C@@]2(O)C(=O)Nc3c(Cl)ccc(Cl)c32)cc1.COC1CCC(C(=O)C[C@]2(O)C(=O)Nc3c(Cl)ccc(Cl)c32)CC1.O=C(C[C@@]1(O)C(=O)Nc2c(Cl)ccc(Cl)c21)c1ccc(C2CC2)cc1.O=C(C[C@@]1(O)C(=O)Nc2c(Cl)ccc(Cl)c21)c1ccc(N2CC2)cc1.O=C(C[C@@]1(O)C(=O)Nc2c(Cl)ccc(Cl)c21)c1ccc(N2CCCC2)c(F)c1. The van der Waals surface area contributed by atoms with Crippen molar-refractivity contribution in [3.05, 3.63) is 269 Å². The van der Waals surface area contributed by atoms with Gasteiger partial charge in [0.1, 0.15) is 11.6 Å². The number of hydrogen-bond donors (Lipinski definition) is 10. The maximum atomic E-state index is 14.5. The summed E-state index contributed by atoms with van der Waals surface area (Å²) < 4.78 is 19.8. The van der Waals surface area contributed by atoms with E-state index >= 15 is 0 Å². The van der Waals surface area contributed by atoms with Crippen molar-refractivity contribution in [3.63, 3.8) is 0 Å². The molecule has 127 heavy (non-hydrogen) atoms. The minimum absolute atomic E-state index is 0.0641. The molecule has 10 N–H and O–H groups in total. The van der Waals surface area contributed by atoms with Crippen molar-refractivity contribution in [2.75, 3.05) is 69.7 Å². The second kappa shape index (κ2) is 37.8. The van der Waals surface area contributed by atoms with Gasteiger partial charge in [0.2, 0.25) is 0 Å². The van der Waals surface area contributed by atoms with Crippen molar-refractivity contribution >= 4 is 214 Å². The van der Waals surface area contributed by atoms with Gasteiger partial charge in [0.25, 0.3) is 29.5 Å². The molecule has 7 aliphatic heterocycles. The summed E-state index contributed by atoms with van der Waals surface area (Å²) in [5.74, 6) is -5.02. The van der Waals surface area contributed by atoms with Gasteiger partial charge in [-0.1, -0.05) is 178 Å². The van der Waals surface area contributed by atoms with Gasteiger partial charge < -0.3 is 66.7 Å². The maximum Gasteiger partial charge on any atom is 0.261 e. The predicted molar refractivity (Wildman–Crippen MR) is 489 cm³/mol. The van der Waals surface area contributed by atoms with Crippen molar-refractivity contribution in [1.29, 1.82) is 0 Å². The van der Waals surface area contributed by atoms with Crippen LogP contribution in [-0.4, -0.2) is 123 Å². The van der Waals surface area contributed by atoms with Crippen LogP contribution in [0.4, 0.5) is 44.2 Å². The summed E-state index contributed by atoms with van der Waals surface area (Å²) >= 11 is 61.1. The quantitative estimate of drug-likeness (QED) is 0.0250. The fraction of sp³-hybridized carbons (Fsp3) is 0.312. The average molecular weight is 1930 g/mol. The molecule has 23 nitrogen and oxygen atoms in total. The number of benzene rings is 9. The number of rotatable bonds is 20. The van der Waals surface area contributed by atoms with Crippen molar-refractivity contribution < 1.29 is 82.6 Å². The molecule has 4 fully saturated rings. The van der Waals surface area contributed by atoms with Gasteiger partial charge in [0, 0.05) is 126 Å². The van der Waals surface area contributed by atoms with Gasteiger partial charge in [-0.2, -0.15) is 0 Å². The number of Topliss-reactive ketones (excluding diaryl/α,β-unsaturated/α-hetero) is 5. The fourth-order valence-corrected chi connectivity index (χ4v) is 19.3. The number of carbonyl (C=O) groups is 10. The maximum absolute atomic E-state index is 14.5. The first-order valence-electron chi connectivity index (χ1n) is 40.6. The highest BCUT2D eigenvalue weighted by Gasteiger charge is 2.55. The highest BCUT2D eigenvalue weighted by molar-refractivity contribution is 6.42. The largest absolute Gasteiger partial charge is 0.381 e. The first-order valence-corrected chi connectivity index (χ1v) is 44.4. The van der Waals surface area contributed by atoms with E-state index in [1.807, 2.05) is 41.3 Å². The van der Waals surface area contributed by atoms with Crippen LogP contribution in [0.3, 0.4) is 0 Å². The molecule has 2 saturated heterocycles. The van der Waals surface area contributed by atoms with E-state index in [1.54, 1.807) is 55.6 Å². The lowest BCUT2D eigenvalue weighted by Crippen LogP contribution is -2.39. The summed E-state index contributed by atoms with van der Waals surface area (Å²) in [6.45, 7) is 7.71. The molecule has 34 heteroatoms. The van der Waals surface area contributed by atoms with Gasteiger partial charge in [-0.3, -0.25) is 47.9 Å². The number of hydrogen-bond acceptors (Lipinski definition) is 18. The normalized spacial score (nSPS) is 22.3. The minimum Gasteiger partial charge on any atom is -0.381 e. The van der Waals surface area contributed by atoms with Crippen LogP contribution in [0.15, 0.2) is 152 Å². The van der Waals surface area contributed by atoms with Crippen LogP contribution in [0, 0.1) is 11.7 Å². The first kappa shape index (κ1) is 94.0. The lowest BCUT2D eigenvalue weighted by Gasteiger charge is -2.29. The Morgan fingerprint density at radius 1 is 0.386 bits per heavy atom. The Morgan fingerprint density at radius 3 is 0.992 bits per heavy atom. The van der Waals surface area contributed by atoms with Gasteiger partial charge in [0.15, 0.2) is 51.1 Å². The standard InChI is InChI=1S/C20H17Cl2FN2O3.C19H15Cl2NO3.C19H17Cl2NO3.C18H14Cl2N2O3.C17H19Cl2NO4/c21-12-4-5-13(22)18-17(12)20(28,19(27)24-18)10-16(26)11-3-6-15(14(23)9-11)25-7-1-2-8-25;20-13-7-8-14(21)17-16(13)19(25,18(24)22-17)9-15(23)12-5-3-11(4-6-12)10-1-2-10;1-10(2)11-3-5-12(6-4-11)15(23)9-19(25)16-13(20)7-8-14(21)17(16)22-18(19)24;19-12-5-6-13(20)16-15(12)18(25,17(24)21-16)9-14(23)10-1-3-11(4-2-10)22-7-8-22;1-24-10-4-2-9(3-5-10)13(21)8-17(23)14-11(18)6-7-12(19)15(14)20-16(17)22/h3-6,9,28H,1-2,7-8,10H2,(H,24,27);3-8,10,25H,1-2,9H2,(H,22,24);3-8,10,25H,9H2,1-2H3,(H,22,24);1-6,25H,7-9H2,(H,21,24);6-7,9-10,23H,2-5,8H2,1H3,(H,20,22)/t20-;2*19-;18-;9?,10?,17-/m00001/s1. The molecule has 7 heterocycles. The molecule has 5 atom stereocenters. The zero-order valence-corrected chi connectivity index (χ0v) is 75.6. The Hall–Kier alpha value is -9.13. The lowest BCUT2D eigenvalue weighted by molar-refractivity contribution is -0.142. The van der Waals surface area contributed by atoms with E-state index in [9.17, 15) is 77.9 Å². The Bertz CT molecular complexity index is 5650. The molecule has 0 radical (unpaired) electrons. The van der Waals surface area contributed by atoms with Crippen LogP contribution in [0.25, 0.3) is 0 Å². The highest BCUT2D eigenvalue weighted by atomic mass is 35.5. The number of halogens is 11. The number of nitrogens with zero attached hydrogens (tertiary/aromatic N) is 2. The number of anilines is 7. The molecule has 0 bridgehead atoms. The predicted octanol–water partition coefficient (Wildman–Crippen LogP) is 19.5. The Morgan fingerprint density at radius 2 is 0.685 bits per heavy atom. The second-order valence-electron chi connectivity index (χ2n) is 32.8. The molecule has 5 amide bonds. The first-order chi connectivity index (χ1) is 60.2. The van der Waals surface area contributed by atoms with E-state index in [-0.39, 0.29) is 154 Å². The molecular formula is C93H82Cl10FN7O16. The molecule has 0 unspecified atom stereocenters. The van der Waals surface area contributed by atoms with Gasteiger partial charge >= 0.3 is 0 Å². The van der Waals surface area contributed by atoms with Crippen LogP contribution in [0.2, 0.25) is 50.2 Å². The number of nitrogens with one attached hydrogen (secondary N) is 5. The zero-order chi connectivity index (χ0) is 91.4. The van der Waals surface area contributed by atoms with E-state index in [0.29, 0.717) is 47.1 Å². The molecule has 9 aromatic rings. The van der Waals surface area contributed by atoms with Crippen molar-refractivity contribution in [1.82, 2.24) is 0 Å². The number of fused-ring (bicyclic) bond motifs is 5. The number of methoxy groups -OCH3 is 1. The van der Waals surface area contributed by atoms with E-state index in [4.69, 9.17) is 121 Å². The molecule has 18 rings (SSSR count). The zero-order valence-electron chi connectivity index (χ0n) is 68.0. The monoisotopic (exact) mass is 1920 g/mol. The number of carbonyl (C=O) groups excluding carboxylic acids is 10. The van der Waals surface area contributed by atoms with E-state index < -0.39 is 94.8 Å². The molecule has 9 aromatic carbocycles. The van der Waals surface area contributed by atoms with Crippen LogP contribution >= 0.6 is 116 Å². The van der Waals surface area contributed by atoms with Crippen molar-refractivity contribution in [2.24, 2.45) is 5.92 Å². The molecule has 0 aromatic heterocycles. The lowest BCUT2D eigenvalue weighted by atomic mass is 9.79. The third-order valence-electron chi connectivity index (χ3n) is 24.1. The average Bonchev–Trinajstić information content (AvgIpc) is 1.62. The van der Waals surface area contributed by atoms with Gasteiger partial charge in [-0.05, 0) is 177 Å². The smallest absolute Gasteiger partial charge is 0.261 e. The van der Waals surface area contributed by atoms with Gasteiger partial charge in [-0.15, -0.1) is 0 Å². The summed E-state index contributed by atoms with van der Waals surface area (Å²) in [6.07, 6.45) is 5.49. The van der Waals surface area contributed by atoms with E-state index in [2.05, 4.69) is 45.3 Å². The summed E-state index contributed by atoms with van der Waals surface area (Å²) in [4.78, 5) is 129. The Labute approximate surface area is 778 Å². The number of ether oxygens (including phenoxy) is 1. The molecule has 9 aliphatic rings. The molecule has 2 aliphatic carbocycles. The topological polar surface area (TPSA) is 347 Å². The molecule has 0 spiro atoms. The van der Waals surface area contributed by atoms with Crippen molar-refractivity contribution in [2.45, 2.75) is 143 Å². The van der Waals surface area contributed by atoms with Gasteiger partial charge in [0.05, 0.1) is 91.0 Å². The van der Waals surface area contributed by atoms with Crippen molar-refractivity contribution in [3.8, 4) is 0 Å². The fourth-order valence-electron chi connectivity index (χ4n) is 16.7. The Kier molecular flexibility index (Phi) is 27.9. The number of amides is 5. The van der Waals surface area contributed by atoms with Gasteiger partial charge in [-0.25, -0.2) is 4.39 Å². The minimum atomic E-state index is -2.17. The van der Waals surface area contributed by atoms with E-state index in [1.165, 1.54) is 79.1 Å². The molecular weight excluding hydrogens is 1840 g/mol. The number of aliphatic hydroxyl groups is 5. The highest BCUT2D eigenvalue weighted by Crippen LogP contribution is 2.53.